The first-order chi connectivity index (χ1) is 8.06. The van der Waals surface area contributed by atoms with Gasteiger partial charge in [-0.05, 0) is 25.0 Å². The van der Waals surface area contributed by atoms with Gasteiger partial charge >= 0.3 is 5.97 Å². The molecule has 1 atom stereocenters. The number of carboxylic acid groups (broad SMARTS) is 1. The summed E-state index contributed by atoms with van der Waals surface area (Å²) in [4.78, 5) is 12.0. The number of unbranched alkanes of at least 4 members (excludes halogenated alkanes) is 1. The van der Waals surface area contributed by atoms with E-state index in [0.29, 0.717) is 12.1 Å². The summed E-state index contributed by atoms with van der Waals surface area (Å²) in [6.45, 7) is 3.99. The molecule has 1 rings (SSSR count). The van der Waals surface area contributed by atoms with Crippen molar-refractivity contribution in [2.24, 2.45) is 0 Å². The van der Waals surface area contributed by atoms with Crippen LogP contribution in [0.1, 0.15) is 31.7 Å². The molecule has 17 heavy (non-hydrogen) atoms. The van der Waals surface area contributed by atoms with E-state index in [2.05, 4.69) is 6.92 Å². The average Bonchev–Trinajstić information content (AvgIpc) is 2.29. The largest absolute Gasteiger partial charge is 0.480 e. The quantitative estimate of drug-likeness (QED) is 0.603. The van der Waals surface area contributed by atoms with Gasteiger partial charge in [-0.15, -0.1) is 11.8 Å². The van der Waals surface area contributed by atoms with Gasteiger partial charge in [0.05, 0.1) is 0 Å². The fourth-order valence-corrected chi connectivity index (χ4v) is 2.67. The third-order valence-electron chi connectivity index (χ3n) is 2.65. The smallest absolute Gasteiger partial charge is 0.316 e. The predicted octanol–water partition coefficient (Wildman–Crippen LogP) is 3.31. The molecule has 4 heteroatoms. The van der Waals surface area contributed by atoms with E-state index in [9.17, 15) is 4.79 Å². The Morgan fingerprint density at radius 1 is 1.53 bits per heavy atom. The SMILES string of the molecule is CCCCC(Sc1cccc(C)c1N)C(=O)O. The predicted molar refractivity (Wildman–Crippen MR) is 72.4 cm³/mol. The second kappa shape index (κ2) is 6.55. The molecule has 1 aromatic rings. The monoisotopic (exact) mass is 253 g/mol. The Hall–Kier alpha value is -1.16. The zero-order valence-electron chi connectivity index (χ0n) is 10.3. The second-order valence-corrected chi connectivity index (χ2v) is 5.32. The van der Waals surface area contributed by atoms with Crippen LogP contribution in [-0.4, -0.2) is 16.3 Å². The van der Waals surface area contributed by atoms with Crippen molar-refractivity contribution in [2.75, 3.05) is 5.73 Å². The summed E-state index contributed by atoms with van der Waals surface area (Å²) >= 11 is 1.35. The number of anilines is 1. The number of benzene rings is 1. The Morgan fingerprint density at radius 3 is 2.82 bits per heavy atom. The number of carbonyl (C=O) groups is 1. The summed E-state index contributed by atoms with van der Waals surface area (Å²) in [5.74, 6) is -0.760. The molecule has 0 fully saturated rings. The molecule has 0 aliphatic rings. The number of hydrogen-bond acceptors (Lipinski definition) is 3. The van der Waals surface area contributed by atoms with E-state index in [0.717, 1.165) is 23.3 Å². The van der Waals surface area contributed by atoms with Gasteiger partial charge in [0, 0.05) is 10.6 Å². The van der Waals surface area contributed by atoms with E-state index in [-0.39, 0.29) is 0 Å². The zero-order valence-corrected chi connectivity index (χ0v) is 11.1. The summed E-state index contributed by atoms with van der Waals surface area (Å²) in [6.07, 6.45) is 2.62. The Balaban J connectivity index is 2.78. The van der Waals surface area contributed by atoms with Crippen molar-refractivity contribution in [2.45, 2.75) is 43.3 Å². The number of carboxylic acids is 1. The summed E-state index contributed by atoms with van der Waals surface area (Å²) in [6, 6.07) is 5.73. The highest BCUT2D eigenvalue weighted by Crippen LogP contribution is 2.32. The van der Waals surface area contributed by atoms with E-state index in [1.165, 1.54) is 11.8 Å². The maximum atomic E-state index is 11.1. The van der Waals surface area contributed by atoms with Crippen LogP contribution in [0.25, 0.3) is 0 Å². The molecule has 0 bridgehead atoms. The molecule has 3 nitrogen and oxygen atoms in total. The first-order valence-electron chi connectivity index (χ1n) is 5.80. The van der Waals surface area contributed by atoms with Gasteiger partial charge in [-0.1, -0.05) is 31.9 Å². The van der Waals surface area contributed by atoms with Crippen LogP contribution in [0.15, 0.2) is 23.1 Å². The van der Waals surface area contributed by atoms with E-state index >= 15 is 0 Å². The minimum absolute atomic E-state index is 0.404. The lowest BCUT2D eigenvalue weighted by atomic mass is 10.2. The molecule has 1 unspecified atom stereocenters. The number of hydrogen-bond donors (Lipinski definition) is 2. The molecule has 0 aliphatic carbocycles. The van der Waals surface area contributed by atoms with Crippen LogP contribution in [-0.2, 0) is 4.79 Å². The van der Waals surface area contributed by atoms with Gasteiger partial charge in [-0.2, -0.15) is 0 Å². The molecule has 0 aromatic heterocycles. The summed E-state index contributed by atoms with van der Waals surface area (Å²) in [5.41, 5.74) is 7.64. The number of nitrogen functional groups attached to an aromatic ring is 1. The molecule has 0 amide bonds. The molecular formula is C13H19NO2S. The highest BCUT2D eigenvalue weighted by Gasteiger charge is 2.19. The lowest BCUT2D eigenvalue weighted by molar-refractivity contribution is -0.136. The van der Waals surface area contributed by atoms with Crippen LogP contribution in [0.2, 0.25) is 0 Å². The van der Waals surface area contributed by atoms with Gasteiger partial charge in [0.25, 0.3) is 0 Å². The third-order valence-corrected chi connectivity index (χ3v) is 3.98. The lowest BCUT2D eigenvalue weighted by Crippen LogP contribution is -2.16. The molecule has 0 aliphatic heterocycles. The molecular weight excluding hydrogens is 234 g/mol. The standard InChI is InChI=1S/C13H19NO2S/c1-3-4-7-11(13(15)16)17-10-8-5-6-9(2)12(10)14/h5-6,8,11H,3-4,7,14H2,1-2H3,(H,15,16). The number of aryl methyl sites for hydroxylation is 1. The number of para-hydroxylation sites is 1. The van der Waals surface area contributed by atoms with Gasteiger partial charge in [-0.3, -0.25) is 4.79 Å². The van der Waals surface area contributed by atoms with Crippen LogP contribution >= 0.6 is 11.8 Å². The van der Waals surface area contributed by atoms with Crippen LogP contribution in [0.3, 0.4) is 0 Å². The topological polar surface area (TPSA) is 63.3 Å². The minimum Gasteiger partial charge on any atom is -0.480 e. The van der Waals surface area contributed by atoms with Crippen molar-refractivity contribution in [3.63, 3.8) is 0 Å². The fourth-order valence-electron chi connectivity index (χ4n) is 1.53. The maximum absolute atomic E-state index is 11.1. The van der Waals surface area contributed by atoms with Crippen molar-refractivity contribution >= 4 is 23.4 Å². The number of rotatable bonds is 6. The van der Waals surface area contributed by atoms with Crippen molar-refractivity contribution in [3.8, 4) is 0 Å². The molecule has 0 saturated carbocycles. The summed E-state index contributed by atoms with van der Waals surface area (Å²) in [5, 5.41) is 8.76. The van der Waals surface area contributed by atoms with Gasteiger partial charge in [0.2, 0.25) is 0 Å². The van der Waals surface area contributed by atoms with Crippen LogP contribution in [0, 0.1) is 6.92 Å². The van der Waals surface area contributed by atoms with Crippen LogP contribution in [0.4, 0.5) is 5.69 Å². The zero-order chi connectivity index (χ0) is 12.8. The van der Waals surface area contributed by atoms with Crippen molar-refractivity contribution < 1.29 is 9.90 Å². The average molecular weight is 253 g/mol. The van der Waals surface area contributed by atoms with Gasteiger partial charge in [0.1, 0.15) is 5.25 Å². The normalized spacial score (nSPS) is 12.4. The molecule has 3 N–H and O–H groups in total. The van der Waals surface area contributed by atoms with E-state index < -0.39 is 11.2 Å². The fraction of sp³-hybridized carbons (Fsp3) is 0.462. The molecule has 0 heterocycles. The van der Waals surface area contributed by atoms with E-state index in [4.69, 9.17) is 10.8 Å². The van der Waals surface area contributed by atoms with Gasteiger partial charge in [-0.25, -0.2) is 0 Å². The number of thioether (sulfide) groups is 1. The van der Waals surface area contributed by atoms with Crippen molar-refractivity contribution in [3.05, 3.63) is 23.8 Å². The van der Waals surface area contributed by atoms with Gasteiger partial charge in [0.15, 0.2) is 0 Å². The van der Waals surface area contributed by atoms with Crippen molar-refractivity contribution in [1.82, 2.24) is 0 Å². The Bertz CT molecular complexity index is 393. The molecule has 1 aromatic carbocycles. The summed E-state index contributed by atoms with van der Waals surface area (Å²) in [7, 11) is 0. The van der Waals surface area contributed by atoms with E-state index in [1.54, 1.807) is 0 Å². The van der Waals surface area contributed by atoms with E-state index in [1.807, 2.05) is 25.1 Å². The van der Waals surface area contributed by atoms with Gasteiger partial charge < -0.3 is 10.8 Å². The Labute approximate surface area is 106 Å². The van der Waals surface area contributed by atoms with Crippen LogP contribution < -0.4 is 5.73 Å². The number of nitrogens with two attached hydrogens (primary N) is 1. The maximum Gasteiger partial charge on any atom is 0.316 e. The highest BCUT2D eigenvalue weighted by atomic mass is 32.2. The van der Waals surface area contributed by atoms with Crippen molar-refractivity contribution in [1.29, 1.82) is 0 Å². The Kier molecular flexibility index (Phi) is 5.35. The molecule has 0 saturated heterocycles. The first-order valence-corrected chi connectivity index (χ1v) is 6.68. The minimum atomic E-state index is -0.760. The number of aliphatic carboxylic acids is 1. The van der Waals surface area contributed by atoms with Crippen LogP contribution in [0.5, 0.6) is 0 Å². The molecule has 0 radical (unpaired) electrons. The summed E-state index contributed by atoms with van der Waals surface area (Å²) < 4.78 is 0. The Morgan fingerprint density at radius 2 is 2.24 bits per heavy atom. The second-order valence-electron chi connectivity index (χ2n) is 4.07. The lowest BCUT2D eigenvalue weighted by Gasteiger charge is -2.14. The first kappa shape index (κ1) is 13.9. The third kappa shape index (κ3) is 3.97. The molecule has 0 spiro atoms. The molecule has 94 valence electrons. The highest BCUT2D eigenvalue weighted by molar-refractivity contribution is 8.00.